The highest BCUT2D eigenvalue weighted by atomic mass is 14.6. The SMILES string of the molecule is C=CC1C(C)CC2C3CC=C4C=C(C)CCC4(C)C3=CCC12C. The van der Waals surface area contributed by atoms with E-state index in [0.717, 1.165) is 17.8 Å². The van der Waals surface area contributed by atoms with Crippen molar-refractivity contribution in [2.24, 2.45) is 34.5 Å². The van der Waals surface area contributed by atoms with Gasteiger partial charge in [0, 0.05) is 5.41 Å². The Kier molecular flexibility index (Phi) is 3.35. The molecule has 0 amide bonds. The summed E-state index contributed by atoms with van der Waals surface area (Å²) < 4.78 is 0. The molecule has 0 heterocycles. The van der Waals surface area contributed by atoms with Gasteiger partial charge in [-0.25, -0.2) is 0 Å². The molecule has 0 heteroatoms. The Morgan fingerprint density at radius 3 is 2.78 bits per heavy atom. The molecule has 0 spiro atoms. The van der Waals surface area contributed by atoms with Gasteiger partial charge in [0.1, 0.15) is 0 Å². The molecule has 4 aliphatic rings. The van der Waals surface area contributed by atoms with Gasteiger partial charge in [0.2, 0.25) is 0 Å². The molecule has 0 radical (unpaired) electrons. The first kappa shape index (κ1) is 15.5. The molecule has 0 aromatic carbocycles. The summed E-state index contributed by atoms with van der Waals surface area (Å²) in [6.45, 7) is 14.0. The van der Waals surface area contributed by atoms with Gasteiger partial charge in [-0.2, -0.15) is 0 Å². The summed E-state index contributed by atoms with van der Waals surface area (Å²) in [6.07, 6.45) is 16.5. The van der Waals surface area contributed by atoms with Gasteiger partial charge < -0.3 is 0 Å². The second-order valence-electron chi connectivity index (χ2n) is 9.27. The van der Waals surface area contributed by atoms with Crippen LogP contribution in [0.2, 0.25) is 0 Å². The standard InChI is InChI=1S/C23H32/c1-6-19-16(3)14-21-18-8-7-17-13-15(2)9-11-22(17,4)20(18)10-12-23(19,21)5/h6-7,10,13,16,18-19,21H,1,8-9,11-12,14H2,2-5H3. The highest BCUT2D eigenvalue weighted by molar-refractivity contribution is 5.46. The third-order valence-corrected chi connectivity index (χ3v) is 8.04. The van der Waals surface area contributed by atoms with Crippen LogP contribution in [-0.4, -0.2) is 0 Å². The predicted molar refractivity (Wildman–Crippen MR) is 99.1 cm³/mol. The Morgan fingerprint density at radius 2 is 2.04 bits per heavy atom. The van der Waals surface area contributed by atoms with E-state index in [-0.39, 0.29) is 0 Å². The largest absolute Gasteiger partial charge is 0.103 e. The molecular weight excluding hydrogens is 276 g/mol. The van der Waals surface area contributed by atoms with Crippen molar-refractivity contribution in [3.63, 3.8) is 0 Å². The summed E-state index contributed by atoms with van der Waals surface area (Å²) in [7, 11) is 0. The number of hydrogen-bond donors (Lipinski definition) is 0. The third kappa shape index (κ3) is 1.96. The molecule has 0 saturated heterocycles. The van der Waals surface area contributed by atoms with Crippen molar-refractivity contribution in [3.05, 3.63) is 47.6 Å². The molecule has 0 aromatic rings. The van der Waals surface area contributed by atoms with E-state index in [9.17, 15) is 0 Å². The fraction of sp³-hybridized carbons (Fsp3) is 0.652. The molecule has 0 bridgehead atoms. The second-order valence-corrected chi connectivity index (χ2v) is 9.27. The van der Waals surface area contributed by atoms with Gasteiger partial charge in [-0.15, -0.1) is 6.58 Å². The number of allylic oxidation sites excluding steroid dienone is 7. The molecule has 1 saturated carbocycles. The van der Waals surface area contributed by atoms with Crippen LogP contribution < -0.4 is 0 Å². The van der Waals surface area contributed by atoms with E-state index in [1.165, 1.54) is 32.1 Å². The molecule has 1 fully saturated rings. The van der Waals surface area contributed by atoms with E-state index < -0.39 is 0 Å². The van der Waals surface area contributed by atoms with Gasteiger partial charge in [-0.3, -0.25) is 0 Å². The lowest BCUT2D eigenvalue weighted by molar-refractivity contribution is 0.111. The summed E-state index contributed by atoms with van der Waals surface area (Å²) in [4.78, 5) is 0. The summed E-state index contributed by atoms with van der Waals surface area (Å²) in [6, 6.07) is 0. The van der Waals surface area contributed by atoms with Gasteiger partial charge in [-0.05, 0) is 73.7 Å². The minimum absolute atomic E-state index is 0.319. The van der Waals surface area contributed by atoms with Crippen molar-refractivity contribution in [2.45, 2.75) is 59.8 Å². The lowest BCUT2D eigenvalue weighted by Gasteiger charge is -2.52. The predicted octanol–water partition coefficient (Wildman–Crippen LogP) is 6.47. The monoisotopic (exact) mass is 308 g/mol. The van der Waals surface area contributed by atoms with Crippen molar-refractivity contribution in [3.8, 4) is 0 Å². The fourth-order valence-electron chi connectivity index (χ4n) is 6.69. The molecule has 124 valence electrons. The molecule has 0 aromatic heterocycles. The molecule has 0 nitrogen and oxygen atoms in total. The molecular formula is C23H32. The summed E-state index contributed by atoms with van der Waals surface area (Å²) in [5.41, 5.74) is 5.72. The molecule has 0 aliphatic heterocycles. The third-order valence-electron chi connectivity index (χ3n) is 8.04. The zero-order valence-corrected chi connectivity index (χ0v) is 15.4. The number of hydrogen-bond acceptors (Lipinski definition) is 0. The van der Waals surface area contributed by atoms with Crippen LogP contribution in [0, 0.1) is 34.5 Å². The van der Waals surface area contributed by atoms with Crippen LogP contribution in [0.3, 0.4) is 0 Å². The lowest BCUT2D eigenvalue weighted by atomic mass is 9.52. The second kappa shape index (κ2) is 4.98. The zero-order valence-electron chi connectivity index (χ0n) is 15.4. The summed E-state index contributed by atoms with van der Waals surface area (Å²) in [5, 5.41) is 0. The molecule has 4 aliphatic carbocycles. The summed E-state index contributed by atoms with van der Waals surface area (Å²) >= 11 is 0. The average Bonchev–Trinajstić information content (AvgIpc) is 2.77. The minimum Gasteiger partial charge on any atom is -0.103 e. The molecule has 23 heavy (non-hydrogen) atoms. The molecule has 4 rings (SSSR count). The van der Waals surface area contributed by atoms with E-state index in [0.29, 0.717) is 16.7 Å². The Bertz CT molecular complexity index is 630. The number of rotatable bonds is 1. The molecule has 6 atom stereocenters. The quantitative estimate of drug-likeness (QED) is 0.487. The van der Waals surface area contributed by atoms with E-state index >= 15 is 0 Å². The molecule has 0 N–H and O–H groups in total. The first-order chi connectivity index (χ1) is 10.9. The van der Waals surface area contributed by atoms with Gasteiger partial charge in [-0.1, -0.05) is 56.2 Å². The van der Waals surface area contributed by atoms with E-state index in [2.05, 4.69) is 58.6 Å². The first-order valence-corrected chi connectivity index (χ1v) is 9.61. The van der Waals surface area contributed by atoms with Crippen molar-refractivity contribution >= 4 is 0 Å². The smallest absolute Gasteiger partial charge is 0.0136 e. The van der Waals surface area contributed by atoms with Crippen molar-refractivity contribution in [2.75, 3.05) is 0 Å². The van der Waals surface area contributed by atoms with E-state index in [1.807, 2.05) is 0 Å². The topological polar surface area (TPSA) is 0 Å². The maximum atomic E-state index is 4.18. The maximum Gasteiger partial charge on any atom is 0.0136 e. The first-order valence-electron chi connectivity index (χ1n) is 9.61. The normalized spacial score (nSPS) is 48.4. The van der Waals surface area contributed by atoms with Crippen LogP contribution in [0.5, 0.6) is 0 Å². The zero-order chi connectivity index (χ0) is 16.4. The minimum atomic E-state index is 0.319. The van der Waals surface area contributed by atoms with Gasteiger partial charge in [0.05, 0.1) is 0 Å². The van der Waals surface area contributed by atoms with Crippen LogP contribution >= 0.6 is 0 Å². The number of fused-ring (bicyclic) bond motifs is 5. The highest BCUT2D eigenvalue weighted by Crippen LogP contribution is 2.65. The van der Waals surface area contributed by atoms with E-state index in [4.69, 9.17) is 0 Å². The average molecular weight is 309 g/mol. The molecule has 6 unspecified atom stereocenters. The van der Waals surface area contributed by atoms with Crippen LogP contribution in [-0.2, 0) is 0 Å². The van der Waals surface area contributed by atoms with Crippen LogP contribution in [0.15, 0.2) is 47.6 Å². The van der Waals surface area contributed by atoms with Crippen molar-refractivity contribution in [1.82, 2.24) is 0 Å². The Balaban J connectivity index is 1.77. The van der Waals surface area contributed by atoms with Crippen LogP contribution in [0.25, 0.3) is 0 Å². The Labute approximate surface area is 142 Å². The van der Waals surface area contributed by atoms with Gasteiger partial charge >= 0.3 is 0 Å². The Morgan fingerprint density at radius 1 is 1.26 bits per heavy atom. The van der Waals surface area contributed by atoms with Crippen molar-refractivity contribution < 1.29 is 0 Å². The van der Waals surface area contributed by atoms with E-state index in [1.54, 1.807) is 16.7 Å². The van der Waals surface area contributed by atoms with Crippen LogP contribution in [0.1, 0.15) is 59.8 Å². The van der Waals surface area contributed by atoms with Crippen LogP contribution in [0.4, 0.5) is 0 Å². The lowest BCUT2D eigenvalue weighted by Crippen LogP contribution is -2.42. The van der Waals surface area contributed by atoms with Gasteiger partial charge in [0.25, 0.3) is 0 Å². The van der Waals surface area contributed by atoms with Gasteiger partial charge in [0.15, 0.2) is 0 Å². The highest BCUT2D eigenvalue weighted by Gasteiger charge is 2.56. The summed E-state index contributed by atoms with van der Waals surface area (Å²) in [5.74, 6) is 3.11. The Hall–Kier alpha value is -1.04. The fourth-order valence-corrected chi connectivity index (χ4v) is 6.69. The van der Waals surface area contributed by atoms with Crippen molar-refractivity contribution in [1.29, 1.82) is 0 Å². The maximum absolute atomic E-state index is 4.18.